The van der Waals surface area contributed by atoms with Gasteiger partial charge in [0.2, 0.25) is 5.91 Å². The number of aliphatic hydroxyl groups excluding tert-OH is 8. The first-order valence-electron chi connectivity index (χ1n) is 25.8. The highest BCUT2D eigenvalue weighted by Crippen LogP contribution is 2.30. The highest BCUT2D eigenvalue weighted by Gasteiger charge is 2.51. The Labute approximate surface area is 381 Å². The molecule has 1 amide bonds. The molecule has 0 aromatic heterocycles. The summed E-state index contributed by atoms with van der Waals surface area (Å²) in [7, 11) is 0. The zero-order chi connectivity index (χ0) is 46.1. The summed E-state index contributed by atoms with van der Waals surface area (Å²) >= 11 is 0. The molecule has 2 heterocycles. The molecule has 2 rings (SSSR count). The van der Waals surface area contributed by atoms with Gasteiger partial charge in [-0.1, -0.05) is 194 Å². The third kappa shape index (κ3) is 24.5. The Morgan fingerprint density at radius 2 is 0.905 bits per heavy atom. The Hall–Kier alpha value is -1.01. The third-order valence-electron chi connectivity index (χ3n) is 13.1. The molecule has 0 aliphatic carbocycles. The van der Waals surface area contributed by atoms with Crippen LogP contribution in [-0.2, 0) is 23.7 Å². The minimum atomic E-state index is -1.78. The van der Waals surface area contributed by atoms with Crippen LogP contribution in [0.5, 0.6) is 0 Å². The summed E-state index contributed by atoms with van der Waals surface area (Å²) in [6.45, 7) is 2.77. The van der Waals surface area contributed by atoms with Crippen LogP contribution in [-0.4, -0.2) is 140 Å². The number of carbonyl (C=O) groups excluding carboxylic acids is 1. The van der Waals surface area contributed by atoms with Crippen molar-refractivity contribution in [2.24, 2.45) is 0 Å². The summed E-state index contributed by atoms with van der Waals surface area (Å²) in [6, 6.07) is -0.818. The Bertz CT molecular complexity index is 1070. The van der Waals surface area contributed by atoms with Crippen LogP contribution in [0.4, 0.5) is 0 Å². The Morgan fingerprint density at radius 3 is 1.35 bits per heavy atom. The molecule has 0 radical (unpaired) electrons. The third-order valence-corrected chi connectivity index (χ3v) is 13.1. The molecule has 2 aliphatic heterocycles. The first kappa shape index (κ1) is 58.1. The van der Waals surface area contributed by atoms with Crippen LogP contribution >= 0.6 is 0 Å². The normalized spacial score (nSPS) is 27.4. The second-order valence-electron chi connectivity index (χ2n) is 18.7. The van der Waals surface area contributed by atoms with Gasteiger partial charge in [0.25, 0.3) is 0 Å². The molecule has 2 saturated heterocycles. The van der Waals surface area contributed by atoms with Crippen molar-refractivity contribution in [3.8, 4) is 0 Å². The number of nitrogens with one attached hydrogen (secondary N) is 1. The summed E-state index contributed by atoms with van der Waals surface area (Å²) in [6.07, 6.45) is 20.4. The number of hydrogen-bond acceptors (Lipinski definition) is 13. The molecule has 0 aromatic carbocycles. The average molecular weight is 906 g/mol. The largest absolute Gasteiger partial charge is 0.394 e. The maximum atomic E-state index is 13.0. The molecule has 0 saturated carbocycles. The van der Waals surface area contributed by atoms with Crippen molar-refractivity contribution in [3.05, 3.63) is 0 Å². The lowest BCUT2D eigenvalue weighted by molar-refractivity contribution is -0.359. The molecule has 0 bridgehead atoms. The number of ether oxygens (including phenoxy) is 4. The first-order chi connectivity index (χ1) is 30.6. The van der Waals surface area contributed by atoms with E-state index >= 15 is 0 Å². The molecule has 14 heteroatoms. The zero-order valence-electron chi connectivity index (χ0n) is 39.6. The second kappa shape index (κ2) is 37.0. The molecular formula is C49H95NO13. The van der Waals surface area contributed by atoms with E-state index in [2.05, 4.69) is 19.2 Å². The molecule has 12 unspecified atom stereocenters. The van der Waals surface area contributed by atoms with Crippen LogP contribution < -0.4 is 5.32 Å². The summed E-state index contributed by atoms with van der Waals surface area (Å²) < 4.78 is 22.6. The minimum Gasteiger partial charge on any atom is -0.394 e. The summed E-state index contributed by atoms with van der Waals surface area (Å²) in [4.78, 5) is 13.0. The van der Waals surface area contributed by atoms with Crippen molar-refractivity contribution >= 4 is 5.91 Å². The molecular weight excluding hydrogens is 811 g/mol. The molecule has 12 atom stereocenters. The highest BCUT2D eigenvalue weighted by atomic mass is 16.7. The van der Waals surface area contributed by atoms with E-state index in [-0.39, 0.29) is 12.5 Å². The smallest absolute Gasteiger partial charge is 0.220 e. The molecule has 2 fully saturated rings. The summed E-state index contributed by atoms with van der Waals surface area (Å²) in [5.41, 5.74) is 0. The van der Waals surface area contributed by atoms with E-state index in [1.54, 1.807) is 0 Å². The van der Waals surface area contributed by atoms with Gasteiger partial charge in [0, 0.05) is 6.42 Å². The molecule has 14 nitrogen and oxygen atoms in total. The lowest BCUT2D eigenvalue weighted by Crippen LogP contribution is -2.65. The van der Waals surface area contributed by atoms with E-state index < -0.39 is 86.8 Å². The predicted octanol–water partition coefficient (Wildman–Crippen LogP) is 6.61. The maximum Gasteiger partial charge on any atom is 0.220 e. The average Bonchev–Trinajstić information content (AvgIpc) is 3.28. The number of carbonyl (C=O) groups is 1. The molecule has 9 N–H and O–H groups in total. The highest BCUT2D eigenvalue weighted by molar-refractivity contribution is 5.76. The second-order valence-corrected chi connectivity index (χ2v) is 18.7. The van der Waals surface area contributed by atoms with Crippen LogP contribution in [0, 0.1) is 0 Å². The Balaban J connectivity index is 1.67. The number of rotatable bonds is 40. The first-order valence-corrected chi connectivity index (χ1v) is 25.8. The van der Waals surface area contributed by atoms with E-state index in [1.807, 2.05) is 0 Å². The monoisotopic (exact) mass is 906 g/mol. The lowest BCUT2D eigenvalue weighted by atomic mass is 9.97. The number of unbranched alkanes of at least 4 members (excludes halogenated alkanes) is 27. The van der Waals surface area contributed by atoms with Crippen LogP contribution in [0.1, 0.15) is 213 Å². The van der Waals surface area contributed by atoms with Crippen molar-refractivity contribution in [1.82, 2.24) is 5.32 Å². The summed E-state index contributed by atoms with van der Waals surface area (Å²) in [5, 5.41) is 86.5. The van der Waals surface area contributed by atoms with Gasteiger partial charge in [0.1, 0.15) is 48.8 Å². The van der Waals surface area contributed by atoms with Gasteiger partial charge in [0.05, 0.1) is 32.0 Å². The lowest BCUT2D eigenvalue weighted by Gasteiger charge is -2.46. The van der Waals surface area contributed by atoms with Crippen molar-refractivity contribution in [2.75, 3.05) is 19.8 Å². The molecule has 0 spiro atoms. The van der Waals surface area contributed by atoms with Gasteiger partial charge in [-0.15, -0.1) is 0 Å². The SMILES string of the molecule is CCCCCCCCCCCCCCCCCCCCCCCCCCC(O)C(COC1OC(CO)C(OC2OC(CO)C(O)C(O)C2O)C(O)C1O)NC(=O)CCCCCCC. The fourth-order valence-electron chi connectivity index (χ4n) is 8.83. The number of amides is 1. The summed E-state index contributed by atoms with van der Waals surface area (Å²) in [5.74, 6) is -0.217. The number of hydrogen-bond donors (Lipinski definition) is 9. The van der Waals surface area contributed by atoms with Crippen molar-refractivity contribution in [3.63, 3.8) is 0 Å². The Kier molecular flexibility index (Phi) is 34.2. The standard InChI is InChI=1S/C49H95NO13/c1-3-5-7-9-10-11-12-13-14-15-16-17-18-19-20-21-22-23-24-25-26-27-29-30-32-38(53)37(50-41(54)33-31-28-8-6-4-2)36-60-48-46(59)44(57)47(40(35-52)62-48)63-49-45(58)43(56)42(55)39(34-51)61-49/h37-40,42-49,51-53,55-59H,3-36H2,1-2H3,(H,50,54). The van der Waals surface area contributed by atoms with E-state index in [4.69, 9.17) is 18.9 Å². The van der Waals surface area contributed by atoms with E-state index in [1.165, 1.54) is 128 Å². The van der Waals surface area contributed by atoms with E-state index in [0.717, 1.165) is 57.8 Å². The van der Waals surface area contributed by atoms with Gasteiger partial charge < -0.3 is 65.1 Å². The van der Waals surface area contributed by atoms with Gasteiger partial charge >= 0.3 is 0 Å². The van der Waals surface area contributed by atoms with Crippen molar-refractivity contribution in [2.45, 2.75) is 286 Å². The van der Waals surface area contributed by atoms with Crippen molar-refractivity contribution in [1.29, 1.82) is 0 Å². The van der Waals surface area contributed by atoms with Gasteiger partial charge in [-0.2, -0.15) is 0 Å². The van der Waals surface area contributed by atoms with Gasteiger partial charge in [-0.25, -0.2) is 0 Å². The molecule has 2 aliphatic rings. The van der Waals surface area contributed by atoms with Crippen molar-refractivity contribution < 1.29 is 64.6 Å². The Morgan fingerprint density at radius 1 is 0.508 bits per heavy atom. The van der Waals surface area contributed by atoms with Crippen LogP contribution in [0.3, 0.4) is 0 Å². The molecule has 63 heavy (non-hydrogen) atoms. The van der Waals surface area contributed by atoms with Gasteiger partial charge in [-0.3, -0.25) is 4.79 Å². The van der Waals surface area contributed by atoms with Crippen LogP contribution in [0.2, 0.25) is 0 Å². The van der Waals surface area contributed by atoms with Crippen LogP contribution in [0.15, 0.2) is 0 Å². The minimum absolute atomic E-state index is 0.217. The van der Waals surface area contributed by atoms with E-state index in [9.17, 15) is 45.6 Å². The van der Waals surface area contributed by atoms with Crippen LogP contribution in [0.25, 0.3) is 0 Å². The topological polar surface area (TPSA) is 228 Å². The van der Waals surface area contributed by atoms with E-state index in [0.29, 0.717) is 12.8 Å². The molecule has 374 valence electrons. The van der Waals surface area contributed by atoms with Gasteiger partial charge in [-0.05, 0) is 12.8 Å². The quantitative estimate of drug-likeness (QED) is 0.0296. The maximum absolute atomic E-state index is 13.0. The number of aliphatic hydroxyl groups is 8. The molecule has 0 aromatic rings. The fraction of sp³-hybridized carbons (Fsp3) is 0.980. The predicted molar refractivity (Wildman–Crippen MR) is 245 cm³/mol. The zero-order valence-corrected chi connectivity index (χ0v) is 39.6. The fourth-order valence-corrected chi connectivity index (χ4v) is 8.83. The van der Waals surface area contributed by atoms with Gasteiger partial charge in [0.15, 0.2) is 12.6 Å².